The first-order chi connectivity index (χ1) is 4.97. The molecule has 0 aliphatic carbocycles. The van der Waals surface area contributed by atoms with E-state index in [-0.39, 0.29) is 12.5 Å². The van der Waals surface area contributed by atoms with E-state index in [1.807, 2.05) is 6.54 Å². The smallest absolute Gasteiger partial charge is 0.148 e. The number of nitrogens with one attached hydrogen (secondary N) is 2. The second-order valence-corrected chi connectivity index (χ2v) is 2.37. The molecular weight excluding hydrogens is 132 g/mol. The van der Waals surface area contributed by atoms with Gasteiger partial charge in [0.1, 0.15) is 12.5 Å². The van der Waals surface area contributed by atoms with Gasteiger partial charge in [-0.1, -0.05) is 0 Å². The number of ether oxygens (including phenoxy) is 2. The lowest BCUT2D eigenvalue weighted by Crippen LogP contribution is -2.42. The van der Waals surface area contributed by atoms with Gasteiger partial charge in [-0.25, -0.2) is 0 Å². The zero-order chi connectivity index (χ0) is 6.81. The maximum Gasteiger partial charge on any atom is 0.148 e. The van der Waals surface area contributed by atoms with Crippen LogP contribution in [0.4, 0.5) is 0 Å². The maximum absolute atomic E-state index is 5.32. The molecule has 10 heavy (non-hydrogen) atoms. The largest absolute Gasteiger partial charge is 0.358 e. The summed E-state index contributed by atoms with van der Waals surface area (Å²) in [4.78, 5) is 0. The minimum absolute atomic E-state index is 0.0162. The number of hydrogen-bond acceptors (Lipinski definition) is 4. The molecule has 0 spiro atoms. The van der Waals surface area contributed by atoms with Gasteiger partial charge in [-0.3, -0.25) is 10.6 Å². The van der Waals surface area contributed by atoms with E-state index in [1.54, 1.807) is 0 Å². The normalized spacial score (nSPS) is 40.8. The number of rotatable bonds is 1. The van der Waals surface area contributed by atoms with Gasteiger partial charge in [0.05, 0.1) is 19.8 Å². The van der Waals surface area contributed by atoms with Crippen molar-refractivity contribution in [1.82, 2.24) is 10.6 Å². The summed E-state index contributed by atoms with van der Waals surface area (Å²) in [6, 6.07) is 0. The summed E-state index contributed by atoms with van der Waals surface area (Å²) in [6.45, 7) is 4.28. The highest BCUT2D eigenvalue weighted by Crippen LogP contribution is 2.07. The van der Waals surface area contributed by atoms with Crippen LogP contribution in [0.25, 0.3) is 0 Å². The predicted octanol–water partition coefficient (Wildman–Crippen LogP) is -0.960. The van der Waals surface area contributed by atoms with E-state index in [1.165, 1.54) is 0 Å². The monoisotopic (exact) mass is 143 g/mol. The quantitative estimate of drug-likeness (QED) is 0.496. The minimum Gasteiger partial charge on any atom is -0.358 e. The third-order valence-corrected chi connectivity index (χ3v) is 1.66. The molecule has 2 N–H and O–H groups in total. The lowest BCUT2D eigenvalue weighted by molar-refractivity contribution is -0.0344. The molecule has 2 aliphatic rings. The molecule has 4 heteroatoms. The van der Waals surface area contributed by atoms with Crippen LogP contribution in [-0.4, -0.2) is 32.2 Å². The van der Waals surface area contributed by atoms with Crippen molar-refractivity contribution in [3.8, 4) is 0 Å². The average Bonchev–Trinajstić information content (AvgIpc) is 2.59. The molecule has 0 saturated carbocycles. The Morgan fingerprint density at radius 2 is 2.30 bits per heavy atom. The van der Waals surface area contributed by atoms with Crippen molar-refractivity contribution in [2.24, 2.45) is 0 Å². The second-order valence-electron chi connectivity index (χ2n) is 2.37. The van der Waals surface area contributed by atoms with Gasteiger partial charge in [-0.2, -0.15) is 0 Å². The van der Waals surface area contributed by atoms with E-state index in [9.17, 15) is 0 Å². The van der Waals surface area contributed by atoms with Crippen LogP contribution in [0.1, 0.15) is 0 Å². The van der Waals surface area contributed by atoms with Crippen molar-refractivity contribution in [1.29, 1.82) is 0 Å². The fraction of sp³-hybridized carbons (Fsp3) is 0.833. The molecule has 2 saturated heterocycles. The van der Waals surface area contributed by atoms with E-state index in [0.29, 0.717) is 6.61 Å². The van der Waals surface area contributed by atoms with Gasteiger partial charge < -0.3 is 9.47 Å². The first-order valence-corrected chi connectivity index (χ1v) is 3.51. The van der Waals surface area contributed by atoms with Crippen LogP contribution < -0.4 is 10.6 Å². The fourth-order valence-electron chi connectivity index (χ4n) is 1.18. The third kappa shape index (κ3) is 1.15. The molecule has 1 radical (unpaired) electrons. The van der Waals surface area contributed by atoms with E-state index >= 15 is 0 Å². The van der Waals surface area contributed by atoms with E-state index in [4.69, 9.17) is 9.47 Å². The summed E-state index contributed by atoms with van der Waals surface area (Å²) in [5, 5.41) is 6.23. The molecule has 2 rings (SSSR count). The van der Waals surface area contributed by atoms with Crippen LogP contribution in [0, 0.1) is 6.54 Å². The van der Waals surface area contributed by atoms with Crippen molar-refractivity contribution in [2.75, 3.05) is 19.8 Å². The number of hydrogen-bond donors (Lipinski definition) is 2. The molecular formula is C6H11N2O2. The Kier molecular flexibility index (Phi) is 1.86. The van der Waals surface area contributed by atoms with Gasteiger partial charge in [0.25, 0.3) is 0 Å². The SMILES string of the molecule is [CH]1COC(C2NCCO2)N1. The molecule has 0 aromatic carbocycles. The maximum atomic E-state index is 5.32. The van der Waals surface area contributed by atoms with Gasteiger partial charge in [-0.15, -0.1) is 0 Å². The van der Waals surface area contributed by atoms with Crippen molar-refractivity contribution in [2.45, 2.75) is 12.5 Å². The predicted molar refractivity (Wildman–Crippen MR) is 34.9 cm³/mol. The highest BCUT2D eigenvalue weighted by molar-refractivity contribution is 4.80. The van der Waals surface area contributed by atoms with Crippen LogP contribution in [-0.2, 0) is 9.47 Å². The third-order valence-electron chi connectivity index (χ3n) is 1.66. The van der Waals surface area contributed by atoms with Crippen molar-refractivity contribution >= 4 is 0 Å². The van der Waals surface area contributed by atoms with Gasteiger partial charge >= 0.3 is 0 Å². The molecule has 0 aromatic rings. The zero-order valence-electron chi connectivity index (χ0n) is 5.67. The highest BCUT2D eigenvalue weighted by Gasteiger charge is 2.28. The summed E-state index contributed by atoms with van der Waals surface area (Å²) in [5.41, 5.74) is 0. The molecule has 2 unspecified atom stereocenters. The Labute approximate surface area is 59.9 Å². The molecule has 2 heterocycles. The van der Waals surface area contributed by atoms with Crippen LogP contribution in [0.15, 0.2) is 0 Å². The second kappa shape index (κ2) is 2.84. The molecule has 2 atom stereocenters. The van der Waals surface area contributed by atoms with Gasteiger partial charge in [0.15, 0.2) is 0 Å². The van der Waals surface area contributed by atoms with Gasteiger partial charge in [-0.05, 0) is 0 Å². The summed E-state index contributed by atoms with van der Waals surface area (Å²) in [6.07, 6.45) is 0.0567. The molecule has 4 nitrogen and oxygen atoms in total. The molecule has 0 amide bonds. The first kappa shape index (κ1) is 6.54. The average molecular weight is 143 g/mol. The Hall–Kier alpha value is -0.160. The van der Waals surface area contributed by atoms with Crippen molar-refractivity contribution in [3.63, 3.8) is 0 Å². The van der Waals surface area contributed by atoms with E-state index in [2.05, 4.69) is 10.6 Å². The molecule has 57 valence electrons. The van der Waals surface area contributed by atoms with E-state index in [0.717, 1.165) is 13.2 Å². The molecule has 0 bridgehead atoms. The fourth-order valence-corrected chi connectivity index (χ4v) is 1.18. The highest BCUT2D eigenvalue weighted by atomic mass is 16.6. The van der Waals surface area contributed by atoms with Gasteiger partial charge in [0, 0.05) is 6.54 Å². The molecule has 0 aromatic heterocycles. The van der Waals surface area contributed by atoms with Crippen molar-refractivity contribution < 1.29 is 9.47 Å². The Balaban J connectivity index is 1.85. The standard InChI is InChI=1S/C6H11N2O2/c1-3-9-5(7-1)6-8-2-4-10-6/h1,5-8H,2-4H2. The Bertz CT molecular complexity index is 94.3. The van der Waals surface area contributed by atoms with Crippen LogP contribution in [0.3, 0.4) is 0 Å². The summed E-state index contributed by atoms with van der Waals surface area (Å²) < 4.78 is 10.6. The van der Waals surface area contributed by atoms with Gasteiger partial charge in [0.2, 0.25) is 0 Å². The zero-order valence-corrected chi connectivity index (χ0v) is 5.67. The molecule has 2 fully saturated rings. The molecule has 2 aliphatic heterocycles. The summed E-state index contributed by atoms with van der Waals surface area (Å²) >= 11 is 0. The Morgan fingerprint density at radius 3 is 2.90 bits per heavy atom. The lowest BCUT2D eigenvalue weighted by atomic mass is 10.5. The minimum atomic E-state index is 0.0162. The van der Waals surface area contributed by atoms with Crippen LogP contribution >= 0.6 is 0 Å². The summed E-state index contributed by atoms with van der Waals surface area (Å²) in [5.74, 6) is 0. The topological polar surface area (TPSA) is 42.5 Å². The Morgan fingerprint density at radius 1 is 1.30 bits per heavy atom. The van der Waals surface area contributed by atoms with Crippen molar-refractivity contribution in [3.05, 3.63) is 6.54 Å². The summed E-state index contributed by atoms with van der Waals surface area (Å²) in [7, 11) is 0. The van der Waals surface area contributed by atoms with Crippen LogP contribution in [0.2, 0.25) is 0 Å². The van der Waals surface area contributed by atoms with Crippen LogP contribution in [0.5, 0.6) is 0 Å². The first-order valence-electron chi connectivity index (χ1n) is 3.51. The van der Waals surface area contributed by atoms with E-state index < -0.39 is 0 Å². The lowest BCUT2D eigenvalue weighted by Gasteiger charge is -2.16.